The number of rotatable bonds is 6. The molecule has 1 saturated carbocycles. The quantitative estimate of drug-likeness (QED) is 0.308. The van der Waals surface area contributed by atoms with E-state index in [1.807, 2.05) is 74.5 Å². The van der Waals surface area contributed by atoms with Crippen molar-refractivity contribution in [2.24, 2.45) is 0 Å². The smallest absolute Gasteiger partial charge is 0.192 e. The molecule has 1 heterocycles. The molecule has 1 saturated heterocycles. The van der Waals surface area contributed by atoms with Crippen LogP contribution in [0, 0.1) is 0 Å². The minimum absolute atomic E-state index is 0.0755. The topological polar surface area (TPSA) is 44.8 Å². The molecular formula is C30H41O4PSi. The summed E-state index contributed by atoms with van der Waals surface area (Å²) >= 11 is 0. The maximum atomic E-state index is 14.6. The van der Waals surface area contributed by atoms with Crippen LogP contribution in [0.2, 0.25) is 18.1 Å². The molecule has 36 heavy (non-hydrogen) atoms. The third kappa shape index (κ3) is 5.42. The first-order valence-electron chi connectivity index (χ1n) is 12.9. The van der Waals surface area contributed by atoms with Crippen LogP contribution in [-0.4, -0.2) is 38.6 Å². The van der Waals surface area contributed by atoms with Crippen LogP contribution in [0.3, 0.4) is 0 Å². The Morgan fingerprint density at radius 2 is 1.56 bits per heavy atom. The van der Waals surface area contributed by atoms with E-state index in [4.69, 9.17) is 13.9 Å². The van der Waals surface area contributed by atoms with Crippen molar-refractivity contribution in [2.45, 2.75) is 83.3 Å². The van der Waals surface area contributed by atoms with Gasteiger partial charge in [0.15, 0.2) is 14.1 Å². The highest BCUT2D eigenvalue weighted by Gasteiger charge is 2.52. The predicted molar refractivity (Wildman–Crippen MR) is 152 cm³/mol. The first-order valence-corrected chi connectivity index (χ1v) is 17.7. The highest BCUT2D eigenvalue weighted by molar-refractivity contribution is 7.78. The maximum absolute atomic E-state index is 14.6. The number of hydrogen-bond acceptors (Lipinski definition) is 4. The molecule has 0 N–H and O–H groups in total. The molecule has 0 spiro atoms. The lowest BCUT2D eigenvalue weighted by Crippen LogP contribution is -2.51. The van der Waals surface area contributed by atoms with Gasteiger partial charge in [-0.3, -0.25) is 0 Å². The Hall–Kier alpha value is -1.75. The van der Waals surface area contributed by atoms with Crippen LogP contribution in [-0.2, 0) is 18.5 Å². The molecule has 4 rings (SSSR count). The van der Waals surface area contributed by atoms with E-state index in [0.717, 1.165) is 21.8 Å². The molecule has 6 heteroatoms. The zero-order chi connectivity index (χ0) is 26.4. The van der Waals surface area contributed by atoms with Crippen LogP contribution in [0.25, 0.3) is 0 Å². The molecule has 2 aromatic rings. The minimum atomic E-state index is -2.88. The van der Waals surface area contributed by atoms with Gasteiger partial charge < -0.3 is 18.5 Å². The summed E-state index contributed by atoms with van der Waals surface area (Å²) in [5, 5.41) is 1.80. The fourth-order valence-corrected chi connectivity index (χ4v) is 8.62. The van der Waals surface area contributed by atoms with E-state index in [9.17, 15) is 4.57 Å². The summed E-state index contributed by atoms with van der Waals surface area (Å²) in [5.41, 5.74) is 1.97. The first-order chi connectivity index (χ1) is 16.7. The predicted octanol–water partition coefficient (Wildman–Crippen LogP) is 6.80. The van der Waals surface area contributed by atoms with Crippen molar-refractivity contribution in [3.63, 3.8) is 0 Å². The molecule has 0 unspecified atom stereocenters. The molecule has 3 atom stereocenters. The second kappa shape index (κ2) is 9.85. The Kier molecular flexibility index (Phi) is 7.47. The van der Waals surface area contributed by atoms with Gasteiger partial charge in [-0.05, 0) is 43.1 Å². The number of fused-ring (bicyclic) bond motifs is 1. The van der Waals surface area contributed by atoms with Crippen molar-refractivity contribution >= 4 is 26.1 Å². The third-order valence-corrected chi connectivity index (χ3v) is 15.3. The molecule has 2 fully saturated rings. The summed E-state index contributed by atoms with van der Waals surface area (Å²) in [6.45, 7) is 19.6. The fraction of sp³-hybridized carbons (Fsp3) is 0.467. The van der Waals surface area contributed by atoms with E-state index in [1.54, 1.807) is 0 Å². The second-order valence-electron chi connectivity index (χ2n) is 12.0. The molecule has 194 valence electrons. The van der Waals surface area contributed by atoms with Crippen molar-refractivity contribution in [1.29, 1.82) is 0 Å². The van der Waals surface area contributed by atoms with Crippen LogP contribution in [0.4, 0.5) is 0 Å². The summed E-state index contributed by atoms with van der Waals surface area (Å²) in [7, 11) is -4.94. The van der Waals surface area contributed by atoms with Crippen molar-refractivity contribution < 1.29 is 18.5 Å². The standard InChI is InChI=1S/C30H41O4PSi/c1-22-23(19-20-35(31,24-15-11-9-12-16-24)25-17-13-10-14-18-25)21-26(34-36(7,8)29(2,3)4)28-27(22)32-30(5,6)33-28/h9-19,26-28H,1,20-21H2,2-8H3/t26-,27-,28-/m1/s1. The van der Waals surface area contributed by atoms with Gasteiger partial charge in [-0.25, -0.2) is 0 Å². The van der Waals surface area contributed by atoms with Gasteiger partial charge in [0.25, 0.3) is 0 Å². The van der Waals surface area contributed by atoms with Gasteiger partial charge in [0, 0.05) is 23.2 Å². The largest absolute Gasteiger partial charge is 0.411 e. The van der Waals surface area contributed by atoms with E-state index in [2.05, 4.69) is 46.5 Å². The molecule has 2 aromatic carbocycles. The van der Waals surface area contributed by atoms with Crippen molar-refractivity contribution in [1.82, 2.24) is 0 Å². The van der Waals surface area contributed by atoms with Gasteiger partial charge in [-0.2, -0.15) is 0 Å². The Bertz CT molecular complexity index is 1120. The maximum Gasteiger partial charge on any atom is 0.192 e. The van der Waals surface area contributed by atoms with Gasteiger partial charge >= 0.3 is 0 Å². The molecule has 1 aliphatic heterocycles. The SMILES string of the molecule is C=C1C(=CCP(=O)(c2ccccc2)c2ccccc2)C[C@@H](O[Si](C)(C)C(C)(C)C)[C@H]2OC(C)(C)O[C@H]12. The van der Waals surface area contributed by atoms with Crippen LogP contribution in [0.5, 0.6) is 0 Å². The van der Waals surface area contributed by atoms with E-state index in [0.29, 0.717) is 12.6 Å². The highest BCUT2D eigenvalue weighted by atomic mass is 31.2. The van der Waals surface area contributed by atoms with Crippen molar-refractivity contribution in [2.75, 3.05) is 6.16 Å². The van der Waals surface area contributed by atoms with Gasteiger partial charge in [0.1, 0.15) is 19.3 Å². The van der Waals surface area contributed by atoms with Crippen LogP contribution >= 0.6 is 7.14 Å². The molecular weight excluding hydrogens is 483 g/mol. The average Bonchev–Trinajstić information content (AvgIpc) is 3.16. The van der Waals surface area contributed by atoms with Gasteiger partial charge in [-0.1, -0.05) is 94.1 Å². The average molecular weight is 525 g/mol. The van der Waals surface area contributed by atoms with Crippen LogP contribution in [0.1, 0.15) is 41.0 Å². The Balaban J connectivity index is 1.70. The Morgan fingerprint density at radius 3 is 2.06 bits per heavy atom. The van der Waals surface area contributed by atoms with Crippen molar-refractivity contribution in [3.8, 4) is 0 Å². The van der Waals surface area contributed by atoms with E-state index in [1.165, 1.54) is 0 Å². The molecule has 0 aromatic heterocycles. The molecule has 0 amide bonds. The zero-order valence-electron chi connectivity index (χ0n) is 22.8. The number of allylic oxidation sites excluding steroid dienone is 1. The second-order valence-corrected chi connectivity index (χ2v) is 19.6. The van der Waals surface area contributed by atoms with E-state index < -0.39 is 21.2 Å². The minimum Gasteiger partial charge on any atom is -0.411 e. The third-order valence-electron chi connectivity index (χ3n) is 7.87. The monoisotopic (exact) mass is 524 g/mol. The number of benzene rings is 2. The normalized spacial score (nSPS) is 25.7. The van der Waals surface area contributed by atoms with Crippen molar-refractivity contribution in [3.05, 3.63) is 84.5 Å². The lowest BCUT2D eigenvalue weighted by atomic mass is 9.84. The number of hydrogen-bond donors (Lipinski definition) is 0. The summed E-state index contributed by atoms with van der Waals surface area (Å²) in [6.07, 6.45) is 2.61. The van der Waals surface area contributed by atoms with Crippen LogP contribution < -0.4 is 10.6 Å². The van der Waals surface area contributed by atoms with Gasteiger partial charge in [0.2, 0.25) is 0 Å². The lowest BCUT2D eigenvalue weighted by Gasteiger charge is -2.43. The molecule has 0 bridgehead atoms. The molecule has 0 radical (unpaired) electrons. The summed E-state index contributed by atoms with van der Waals surface area (Å²) in [5.74, 6) is -0.702. The fourth-order valence-electron chi connectivity index (χ4n) is 4.79. The Labute approximate surface area is 218 Å². The summed E-state index contributed by atoms with van der Waals surface area (Å²) in [4.78, 5) is 0. The zero-order valence-corrected chi connectivity index (χ0v) is 24.7. The summed E-state index contributed by atoms with van der Waals surface area (Å²) in [6, 6.07) is 19.6. The first kappa shape index (κ1) is 27.3. The Morgan fingerprint density at radius 1 is 1.03 bits per heavy atom. The van der Waals surface area contributed by atoms with Gasteiger partial charge in [0.05, 0.1) is 6.10 Å². The van der Waals surface area contributed by atoms with E-state index >= 15 is 0 Å². The lowest BCUT2D eigenvalue weighted by molar-refractivity contribution is -0.151. The molecule has 2 aliphatic rings. The molecule has 1 aliphatic carbocycles. The highest BCUT2D eigenvalue weighted by Crippen LogP contribution is 2.48. The van der Waals surface area contributed by atoms with E-state index in [-0.39, 0.29) is 23.4 Å². The summed E-state index contributed by atoms with van der Waals surface area (Å²) < 4.78 is 34.2. The van der Waals surface area contributed by atoms with Crippen LogP contribution in [0.15, 0.2) is 84.5 Å². The number of ether oxygens (including phenoxy) is 2. The molecule has 4 nitrogen and oxygen atoms in total. The van der Waals surface area contributed by atoms with Gasteiger partial charge in [-0.15, -0.1) is 0 Å².